The lowest BCUT2D eigenvalue weighted by molar-refractivity contribution is 0.0989. The molecule has 0 N–H and O–H groups in total. The predicted molar refractivity (Wildman–Crippen MR) is 66.7 cm³/mol. The van der Waals surface area contributed by atoms with Gasteiger partial charge in [-0.25, -0.2) is 0 Å². The first kappa shape index (κ1) is 13.0. The molecule has 1 atom stereocenters. The standard InChI is InChI=1S/C13H17ClO2/c1-8(2)10-5-6-11(12(7-10)16-4)13(15)9(3)14/h5-9H,1-4H3. The molecule has 0 fully saturated rings. The number of carbonyl (C=O) groups is 1. The summed E-state index contributed by atoms with van der Waals surface area (Å²) < 4.78 is 5.23. The highest BCUT2D eigenvalue weighted by molar-refractivity contribution is 6.33. The van der Waals surface area contributed by atoms with Crippen molar-refractivity contribution in [3.05, 3.63) is 29.3 Å². The van der Waals surface area contributed by atoms with Crippen LogP contribution in [0.3, 0.4) is 0 Å². The van der Waals surface area contributed by atoms with Crippen LogP contribution < -0.4 is 4.74 Å². The van der Waals surface area contributed by atoms with Crippen LogP contribution in [0.5, 0.6) is 5.75 Å². The summed E-state index contributed by atoms with van der Waals surface area (Å²) in [6.07, 6.45) is 0. The fraction of sp³-hybridized carbons (Fsp3) is 0.462. The number of Topliss-reactive ketones (excluding diaryl/α,β-unsaturated/α-hetero) is 1. The summed E-state index contributed by atoms with van der Waals surface area (Å²) in [5, 5.41) is -0.529. The Morgan fingerprint density at radius 1 is 1.31 bits per heavy atom. The molecular weight excluding hydrogens is 224 g/mol. The van der Waals surface area contributed by atoms with Gasteiger partial charge in [-0.2, -0.15) is 0 Å². The number of hydrogen-bond acceptors (Lipinski definition) is 2. The number of halogens is 1. The third-order valence-corrected chi connectivity index (χ3v) is 2.72. The van der Waals surface area contributed by atoms with Crippen LogP contribution in [0, 0.1) is 0 Å². The van der Waals surface area contributed by atoms with E-state index in [9.17, 15) is 4.79 Å². The Hall–Kier alpha value is -1.02. The summed E-state index contributed by atoms with van der Waals surface area (Å²) in [5.74, 6) is 0.906. The first-order chi connectivity index (χ1) is 7.47. The molecular formula is C13H17ClO2. The molecule has 88 valence electrons. The lowest BCUT2D eigenvalue weighted by Gasteiger charge is -2.12. The van der Waals surface area contributed by atoms with Crippen molar-refractivity contribution in [2.45, 2.75) is 32.1 Å². The molecule has 0 heterocycles. The molecule has 0 saturated carbocycles. The summed E-state index contributed by atoms with van der Waals surface area (Å²) in [6.45, 7) is 5.86. The fourth-order valence-electron chi connectivity index (χ4n) is 1.48. The van der Waals surface area contributed by atoms with Gasteiger partial charge in [-0.05, 0) is 30.5 Å². The Morgan fingerprint density at radius 3 is 2.38 bits per heavy atom. The third kappa shape index (κ3) is 2.76. The van der Waals surface area contributed by atoms with E-state index in [0.29, 0.717) is 17.2 Å². The van der Waals surface area contributed by atoms with E-state index in [1.165, 1.54) is 0 Å². The van der Waals surface area contributed by atoms with Crippen LogP contribution in [0.15, 0.2) is 18.2 Å². The molecule has 0 radical (unpaired) electrons. The van der Waals surface area contributed by atoms with Gasteiger partial charge in [-0.1, -0.05) is 19.9 Å². The molecule has 0 bridgehead atoms. The van der Waals surface area contributed by atoms with Gasteiger partial charge in [-0.15, -0.1) is 11.6 Å². The number of hydrogen-bond donors (Lipinski definition) is 0. The number of carbonyl (C=O) groups excluding carboxylic acids is 1. The van der Waals surface area contributed by atoms with E-state index in [4.69, 9.17) is 16.3 Å². The van der Waals surface area contributed by atoms with E-state index in [1.54, 1.807) is 20.1 Å². The Kier molecular flexibility index (Phi) is 4.36. The van der Waals surface area contributed by atoms with Gasteiger partial charge in [0.25, 0.3) is 0 Å². The summed E-state index contributed by atoms with van der Waals surface area (Å²) >= 11 is 5.79. The first-order valence-electron chi connectivity index (χ1n) is 5.33. The minimum Gasteiger partial charge on any atom is -0.496 e. The molecule has 0 saturated heterocycles. The highest BCUT2D eigenvalue weighted by Crippen LogP contribution is 2.26. The van der Waals surface area contributed by atoms with Gasteiger partial charge < -0.3 is 4.74 Å². The Morgan fingerprint density at radius 2 is 1.94 bits per heavy atom. The molecule has 1 unspecified atom stereocenters. The highest BCUT2D eigenvalue weighted by atomic mass is 35.5. The van der Waals surface area contributed by atoms with Crippen molar-refractivity contribution in [2.75, 3.05) is 7.11 Å². The van der Waals surface area contributed by atoms with E-state index in [0.717, 1.165) is 5.56 Å². The molecule has 0 spiro atoms. The van der Waals surface area contributed by atoms with Gasteiger partial charge in [0, 0.05) is 0 Å². The minimum absolute atomic E-state index is 0.103. The maximum Gasteiger partial charge on any atom is 0.184 e. The molecule has 0 aliphatic carbocycles. The number of ether oxygens (including phenoxy) is 1. The SMILES string of the molecule is COc1cc(C(C)C)ccc1C(=O)C(C)Cl. The summed E-state index contributed by atoms with van der Waals surface area (Å²) in [4.78, 5) is 11.8. The quantitative estimate of drug-likeness (QED) is 0.594. The van der Waals surface area contributed by atoms with Crippen LogP contribution in [0.1, 0.15) is 42.6 Å². The summed E-state index contributed by atoms with van der Waals surface area (Å²) in [7, 11) is 1.56. The molecule has 1 aromatic carbocycles. The second-order valence-electron chi connectivity index (χ2n) is 4.09. The average Bonchev–Trinajstić information content (AvgIpc) is 2.26. The molecule has 1 aromatic rings. The van der Waals surface area contributed by atoms with Gasteiger partial charge in [0.05, 0.1) is 18.1 Å². The highest BCUT2D eigenvalue weighted by Gasteiger charge is 2.17. The van der Waals surface area contributed by atoms with E-state index >= 15 is 0 Å². The molecule has 2 nitrogen and oxygen atoms in total. The zero-order valence-corrected chi connectivity index (χ0v) is 10.8. The second kappa shape index (κ2) is 5.35. The number of rotatable bonds is 4. The normalized spacial score (nSPS) is 12.6. The van der Waals surface area contributed by atoms with Crippen molar-refractivity contribution in [3.8, 4) is 5.75 Å². The van der Waals surface area contributed by atoms with Gasteiger partial charge in [0.1, 0.15) is 5.75 Å². The number of benzene rings is 1. The topological polar surface area (TPSA) is 26.3 Å². The zero-order chi connectivity index (χ0) is 12.3. The van der Waals surface area contributed by atoms with Crippen molar-refractivity contribution in [1.82, 2.24) is 0 Å². The van der Waals surface area contributed by atoms with E-state index in [-0.39, 0.29) is 5.78 Å². The monoisotopic (exact) mass is 240 g/mol. The number of alkyl halides is 1. The zero-order valence-electron chi connectivity index (χ0n) is 10.1. The van der Waals surface area contributed by atoms with Crippen LogP contribution in [0.4, 0.5) is 0 Å². The largest absolute Gasteiger partial charge is 0.496 e. The maximum absolute atomic E-state index is 11.8. The number of methoxy groups -OCH3 is 1. The van der Waals surface area contributed by atoms with E-state index < -0.39 is 5.38 Å². The Bertz CT molecular complexity index is 384. The van der Waals surface area contributed by atoms with Crippen LogP contribution in [0.25, 0.3) is 0 Å². The van der Waals surface area contributed by atoms with Crippen molar-refractivity contribution in [2.24, 2.45) is 0 Å². The summed E-state index contributed by atoms with van der Waals surface area (Å²) in [6, 6.07) is 5.63. The van der Waals surface area contributed by atoms with Crippen LogP contribution >= 0.6 is 11.6 Å². The van der Waals surface area contributed by atoms with Crippen molar-refractivity contribution in [3.63, 3.8) is 0 Å². The van der Waals surface area contributed by atoms with E-state index in [2.05, 4.69) is 13.8 Å². The lowest BCUT2D eigenvalue weighted by atomic mass is 9.99. The Balaban J connectivity index is 3.17. The van der Waals surface area contributed by atoms with Gasteiger partial charge >= 0.3 is 0 Å². The smallest absolute Gasteiger partial charge is 0.184 e. The van der Waals surface area contributed by atoms with Crippen molar-refractivity contribution < 1.29 is 9.53 Å². The molecule has 16 heavy (non-hydrogen) atoms. The van der Waals surface area contributed by atoms with Gasteiger partial charge in [-0.3, -0.25) is 4.79 Å². The molecule has 0 aliphatic heterocycles. The van der Waals surface area contributed by atoms with E-state index in [1.807, 2.05) is 12.1 Å². The van der Waals surface area contributed by atoms with Gasteiger partial charge in [0.2, 0.25) is 0 Å². The number of ketones is 1. The van der Waals surface area contributed by atoms with Gasteiger partial charge in [0.15, 0.2) is 5.78 Å². The van der Waals surface area contributed by atoms with Crippen molar-refractivity contribution >= 4 is 17.4 Å². The average molecular weight is 241 g/mol. The fourth-order valence-corrected chi connectivity index (χ4v) is 1.60. The summed E-state index contributed by atoms with van der Waals surface area (Å²) in [5.41, 5.74) is 1.70. The third-order valence-electron chi connectivity index (χ3n) is 2.52. The van der Waals surface area contributed by atoms with Crippen LogP contribution in [-0.4, -0.2) is 18.3 Å². The van der Waals surface area contributed by atoms with Crippen LogP contribution in [-0.2, 0) is 0 Å². The molecule has 0 aromatic heterocycles. The van der Waals surface area contributed by atoms with Crippen LogP contribution in [0.2, 0.25) is 0 Å². The molecule has 0 aliphatic rings. The maximum atomic E-state index is 11.8. The minimum atomic E-state index is -0.529. The predicted octanol–water partition coefficient (Wildman–Crippen LogP) is 3.63. The lowest BCUT2D eigenvalue weighted by Crippen LogP contribution is -2.12. The second-order valence-corrected chi connectivity index (χ2v) is 4.75. The van der Waals surface area contributed by atoms with Crippen molar-refractivity contribution in [1.29, 1.82) is 0 Å². The molecule has 1 rings (SSSR count). The Labute approximate surface area is 102 Å². The molecule has 3 heteroatoms. The first-order valence-corrected chi connectivity index (χ1v) is 5.77. The molecule has 0 amide bonds.